The Kier molecular flexibility index (Phi) is 6.59. The third-order valence-electron chi connectivity index (χ3n) is 4.36. The van der Waals surface area contributed by atoms with Crippen molar-refractivity contribution in [3.05, 3.63) is 41.2 Å². The molecule has 8 nitrogen and oxygen atoms in total. The third kappa shape index (κ3) is 5.29. The summed E-state index contributed by atoms with van der Waals surface area (Å²) in [5, 5.41) is 5.32. The number of anilines is 1. The van der Waals surface area contributed by atoms with E-state index in [1.165, 1.54) is 18.4 Å². The Labute approximate surface area is 165 Å². The number of carbonyl (C=O) groups excluding carboxylic acids is 4. The van der Waals surface area contributed by atoms with Crippen molar-refractivity contribution in [3.63, 3.8) is 0 Å². The van der Waals surface area contributed by atoms with Gasteiger partial charge in [0.1, 0.15) is 4.88 Å². The maximum atomic E-state index is 12.1. The van der Waals surface area contributed by atoms with E-state index >= 15 is 0 Å². The summed E-state index contributed by atoms with van der Waals surface area (Å²) in [7, 11) is 0. The van der Waals surface area contributed by atoms with Gasteiger partial charge in [0, 0.05) is 5.92 Å². The number of amides is 3. The number of thiophene rings is 1. The first-order chi connectivity index (χ1) is 13.5. The number of ether oxygens (including phenoxy) is 1. The maximum Gasteiger partial charge on any atom is 0.348 e. The summed E-state index contributed by atoms with van der Waals surface area (Å²) in [6, 6.07) is 6.14. The molecule has 2 heterocycles. The van der Waals surface area contributed by atoms with E-state index in [9.17, 15) is 19.2 Å². The van der Waals surface area contributed by atoms with Gasteiger partial charge in [-0.25, -0.2) is 4.79 Å². The number of rotatable bonds is 6. The van der Waals surface area contributed by atoms with E-state index in [1.54, 1.807) is 12.1 Å². The fourth-order valence-electron chi connectivity index (χ4n) is 2.94. The Hall–Kier alpha value is -2.94. The van der Waals surface area contributed by atoms with Gasteiger partial charge in [-0.2, -0.15) is 0 Å². The molecule has 1 aliphatic carbocycles. The Morgan fingerprint density at radius 1 is 1.11 bits per heavy atom. The molecule has 2 aromatic rings. The van der Waals surface area contributed by atoms with Crippen molar-refractivity contribution in [2.45, 2.75) is 32.1 Å². The van der Waals surface area contributed by atoms with Gasteiger partial charge in [-0.3, -0.25) is 19.7 Å². The summed E-state index contributed by atoms with van der Waals surface area (Å²) >= 11 is 1.01. The lowest BCUT2D eigenvalue weighted by Crippen LogP contribution is -2.38. The van der Waals surface area contributed by atoms with Crippen LogP contribution in [0.1, 0.15) is 52.3 Å². The number of furan rings is 1. The second kappa shape index (κ2) is 9.32. The van der Waals surface area contributed by atoms with Crippen LogP contribution in [0, 0.1) is 5.92 Å². The van der Waals surface area contributed by atoms with Crippen molar-refractivity contribution < 1.29 is 28.3 Å². The number of hydrogen-bond donors (Lipinski definition) is 2. The lowest BCUT2D eigenvalue weighted by atomic mass is 9.89. The summed E-state index contributed by atoms with van der Waals surface area (Å²) in [5.74, 6) is -2.09. The molecule has 1 fully saturated rings. The Balaban J connectivity index is 1.44. The van der Waals surface area contributed by atoms with Crippen molar-refractivity contribution in [2.75, 3.05) is 11.9 Å². The molecule has 0 atom stereocenters. The predicted molar refractivity (Wildman–Crippen MR) is 101 cm³/mol. The maximum absolute atomic E-state index is 12.1. The zero-order chi connectivity index (χ0) is 19.9. The Morgan fingerprint density at radius 3 is 2.61 bits per heavy atom. The van der Waals surface area contributed by atoms with Crippen LogP contribution in [0.3, 0.4) is 0 Å². The minimum Gasteiger partial charge on any atom is -0.459 e. The molecule has 0 aliphatic heterocycles. The topological polar surface area (TPSA) is 115 Å². The molecule has 3 rings (SSSR count). The molecule has 148 valence electrons. The molecule has 0 spiro atoms. The van der Waals surface area contributed by atoms with E-state index in [-0.39, 0.29) is 22.5 Å². The van der Waals surface area contributed by atoms with Crippen molar-refractivity contribution in [1.29, 1.82) is 0 Å². The van der Waals surface area contributed by atoms with Crippen molar-refractivity contribution in [3.8, 4) is 0 Å². The highest BCUT2D eigenvalue weighted by Gasteiger charge is 2.23. The first kappa shape index (κ1) is 19.8. The molecule has 28 heavy (non-hydrogen) atoms. The van der Waals surface area contributed by atoms with Gasteiger partial charge in [-0.05, 0) is 37.1 Å². The second-order valence-electron chi connectivity index (χ2n) is 6.42. The van der Waals surface area contributed by atoms with Gasteiger partial charge in [-0.15, -0.1) is 11.3 Å². The number of carbonyl (C=O) groups is 4. The van der Waals surface area contributed by atoms with E-state index in [0.29, 0.717) is 5.00 Å². The van der Waals surface area contributed by atoms with Crippen LogP contribution in [0.5, 0.6) is 0 Å². The van der Waals surface area contributed by atoms with Crippen LogP contribution in [-0.4, -0.2) is 30.3 Å². The summed E-state index contributed by atoms with van der Waals surface area (Å²) < 4.78 is 9.94. The van der Waals surface area contributed by atoms with Crippen LogP contribution in [0.2, 0.25) is 0 Å². The average Bonchev–Trinajstić information content (AvgIpc) is 3.39. The van der Waals surface area contributed by atoms with Crippen LogP contribution >= 0.6 is 11.3 Å². The quantitative estimate of drug-likeness (QED) is 0.716. The minimum atomic E-state index is -0.705. The average molecular weight is 404 g/mol. The van der Waals surface area contributed by atoms with Crippen molar-refractivity contribution >= 4 is 40.0 Å². The molecule has 2 N–H and O–H groups in total. The number of esters is 1. The fourth-order valence-corrected chi connectivity index (χ4v) is 3.73. The lowest BCUT2D eigenvalue weighted by Gasteiger charge is -2.20. The molecule has 2 aromatic heterocycles. The second-order valence-corrected chi connectivity index (χ2v) is 7.50. The van der Waals surface area contributed by atoms with Crippen LogP contribution in [0.4, 0.5) is 5.00 Å². The van der Waals surface area contributed by atoms with Crippen LogP contribution < -0.4 is 10.6 Å². The Morgan fingerprint density at radius 2 is 1.89 bits per heavy atom. The zero-order valence-electron chi connectivity index (χ0n) is 15.1. The summed E-state index contributed by atoms with van der Waals surface area (Å²) in [5.41, 5.74) is 0. The number of hydrogen-bond acceptors (Lipinski definition) is 7. The van der Waals surface area contributed by atoms with Gasteiger partial charge in [0.2, 0.25) is 5.91 Å². The molecular formula is C19H20N2O6S. The molecule has 0 unspecified atom stereocenters. The van der Waals surface area contributed by atoms with Gasteiger partial charge in [0.15, 0.2) is 12.4 Å². The smallest absolute Gasteiger partial charge is 0.348 e. The van der Waals surface area contributed by atoms with E-state index in [4.69, 9.17) is 9.15 Å². The Bertz CT molecular complexity index is 852. The van der Waals surface area contributed by atoms with Gasteiger partial charge in [0.05, 0.1) is 11.3 Å². The van der Waals surface area contributed by atoms with Gasteiger partial charge in [-0.1, -0.05) is 19.3 Å². The van der Waals surface area contributed by atoms with E-state index < -0.39 is 24.4 Å². The van der Waals surface area contributed by atoms with Gasteiger partial charge >= 0.3 is 5.97 Å². The van der Waals surface area contributed by atoms with E-state index in [0.717, 1.165) is 43.4 Å². The molecule has 0 aromatic carbocycles. The first-order valence-electron chi connectivity index (χ1n) is 8.98. The van der Waals surface area contributed by atoms with Crippen LogP contribution in [0.15, 0.2) is 34.9 Å². The summed E-state index contributed by atoms with van der Waals surface area (Å²) in [6.45, 7) is -0.538. The summed E-state index contributed by atoms with van der Waals surface area (Å²) in [4.78, 5) is 48.0. The third-order valence-corrected chi connectivity index (χ3v) is 5.34. The monoisotopic (exact) mass is 404 g/mol. The largest absolute Gasteiger partial charge is 0.459 e. The van der Waals surface area contributed by atoms with Gasteiger partial charge < -0.3 is 14.5 Å². The van der Waals surface area contributed by atoms with E-state index in [2.05, 4.69) is 10.6 Å². The molecule has 3 amide bonds. The molecule has 1 aliphatic rings. The SMILES string of the molecule is O=C(COC(=O)c1ccc(NC(=O)c2ccco2)s1)NC(=O)C1CCCCC1. The van der Waals surface area contributed by atoms with Crippen molar-refractivity contribution in [2.24, 2.45) is 5.92 Å². The highest BCUT2D eigenvalue weighted by atomic mass is 32.1. The molecule has 0 saturated heterocycles. The van der Waals surface area contributed by atoms with Gasteiger partial charge in [0.25, 0.3) is 11.8 Å². The molecule has 1 saturated carbocycles. The summed E-state index contributed by atoms with van der Waals surface area (Å²) in [6.07, 6.45) is 6.02. The molecule has 0 radical (unpaired) electrons. The number of nitrogens with one attached hydrogen (secondary N) is 2. The number of imide groups is 1. The lowest BCUT2D eigenvalue weighted by molar-refractivity contribution is -0.135. The molecular weight excluding hydrogens is 384 g/mol. The molecule has 9 heteroatoms. The van der Waals surface area contributed by atoms with Crippen LogP contribution in [0.25, 0.3) is 0 Å². The highest BCUT2D eigenvalue weighted by Crippen LogP contribution is 2.24. The van der Waals surface area contributed by atoms with Crippen molar-refractivity contribution in [1.82, 2.24) is 5.32 Å². The van der Waals surface area contributed by atoms with E-state index in [1.807, 2.05) is 0 Å². The zero-order valence-corrected chi connectivity index (χ0v) is 15.9. The normalized spacial score (nSPS) is 14.3. The first-order valence-corrected chi connectivity index (χ1v) is 9.80. The highest BCUT2D eigenvalue weighted by molar-refractivity contribution is 7.18. The fraction of sp³-hybridized carbons (Fsp3) is 0.368. The minimum absolute atomic E-state index is 0.147. The standard InChI is InChI=1S/C19H20N2O6S/c22-15(20-17(23)12-5-2-1-3-6-12)11-27-19(25)14-8-9-16(28-14)21-18(24)13-7-4-10-26-13/h4,7-10,12H,1-3,5-6,11H2,(H,21,24)(H,20,22,23). The predicted octanol–water partition coefficient (Wildman–Crippen LogP) is 2.97. The van der Waals surface area contributed by atoms with Crippen LogP contribution in [-0.2, 0) is 14.3 Å². The molecule has 0 bridgehead atoms.